The molecule has 2 N–H and O–H groups in total. The fraction of sp³-hybridized carbons (Fsp3) is 0.333. The SMILES string of the molecule is Cc1cc(Br)ccc1NC(=O)CN1CCC(C(=O)Nc2ccccc2)CC1. The number of amides is 2. The molecule has 6 heteroatoms. The van der Waals surface area contributed by atoms with Crippen LogP contribution in [0.25, 0.3) is 0 Å². The average molecular weight is 430 g/mol. The van der Waals surface area contributed by atoms with Crippen molar-refractivity contribution in [3.05, 3.63) is 58.6 Å². The lowest BCUT2D eigenvalue weighted by molar-refractivity contribution is -0.121. The fourth-order valence-corrected chi connectivity index (χ4v) is 3.75. The number of halogens is 1. The van der Waals surface area contributed by atoms with Crippen LogP contribution in [0.3, 0.4) is 0 Å². The first kappa shape index (κ1) is 19.6. The van der Waals surface area contributed by atoms with E-state index in [1.807, 2.05) is 55.5 Å². The highest BCUT2D eigenvalue weighted by atomic mass is 79.9. The van der Waals surface area contributed by atoms with Gasteiger partial charge in [-0.2, -0.15) is 0 Å². The smallest absolute Gasteiger partial charge is 0.238 e. The molecule has 1 heterocycles. The summed E-state index contributed by atoms with van der Waals surface area (Å²) in [4.78, 5) is 26.8. The molecule has 2 aromatic carbocycles. The van der Waals surface area contributed by atoms with E-state index >= 15 is 0 Å². The van der Waals surface area contributed by atoms with Gasteiger partial charge in [0.2, 0.25) is 11.8 Å². The van der Waals surface area contributed by atoms with E-state index in [4.69, 9.17) is 0 Å². The van der Waals surface area contributed by atoms with Crippen molar-refractivity contribution in [1.29, 1.82) is 0 Å². The van der Waals surface area contributed by atoms with Crippen molar-refractivity contribution in [2.24, 2.45) is 5.92 Å². The molecule has 0 saturated carbocycles. The van der Waals surface area contributed by atoms with Gasteiger partial charge in [0.1, 0.15) is 0 Å². The average Bonchev–Trinajstić information content (AvgIpc) is 2.65. The van der Waals surface area contributed by atoms with E-state index in [2.05, 4.69) is 31.5 Å². The van der Waals surface area contributed by atoms with Crippen LogP contribution in [0, 0.1) is 12.8 Å². The predicted octanol–water partition coefficient (Wildman–Crippen LogP) is 4.05. The number of hydrogen-bond acceptors (Lipinski definition) is 3. The summed E-state index contributed by atoms with van der Waals surface area (Å²) < 4.78 is 0.994. The third-order valence-electron chi connectivity index (χ3n) is 4.83. The first-order valence-corrected chi connectivity index (χ1v) is 9.95. The Morgan fingerprint density at radius 3 is 2.44 bits per heavy atom. The second-order valence-electron chi connectivity index (χ2n) is 6.91. The molecule has 1 saturated heterocycles. The van der Waals surface area contributed by atoms with Crippen LogP contribution in [0.15, 0.2) is 53.0 Å². The normalized spacial score (nSPS) is 15.3. The van der Waals surface area contributed by atoms with Crippen molar-refractivity contribution in [3.8, 4) is 0 Å². The Labute approximate surface area is 168 Å². The first-order valence-electron chi connectivity index (χ1n) is 9.15. The van der Waals surface area contributed by atoms with Crippen molar-refractivity contribution in [2.45, 2.75) is 19.8 Å². The van der Waals surface area contributed by atoms with E-state index in [0.29, 0.717) is 6.54 Å². The Balaban J connectivity index is 1.45. The number of para-hydroxylation sites is 1. The van der Waals surface area contributed by atoms with Crippen molar-refractivity contribution in [3.63, 3.8) is 0 Å². The predicted molar refractivity (Wildman–Crippen MR) is 112 cm³/mol. The largest absolute Gasteiger partial charge is 0.326 e. The quantitative estimate of drug-likeness (QED) is 0.753. The third-order valence-corrected chi connectivity index (χ3v) is 5.32. The summed E-state index contributed by atoms with van der Waals surface area (Å²) in [5.41, 5.74) is 2.68. The monoisotopic (exact) mass is 429 g/mol. The molecule has 0 aliphatic carbocycles. The lowest BCUT2D eigenvalue weighted by Crippen LogP contribution is -2.41. The van der Waals surface area contributed by atoms with E-state index in [1.54, 1.807) is 0 Å². The number of benzene rings is 2. The molecule has 1 fully saturated rings. The van der Waals surface area contributed by atoms with Gasteiger partial charge in [-0.3, -0.25) is 14.5 Å². The molecule has 3 rings (SSSR count). The molecular weight excluding hydrogens is 406 g/mol. The lowest BCUT2D eigenvalue weighted by Gasteiger charge is -2.30. The standard InChI is InChI=1S/C21H24BrN3O2/c1-15-13-17(22)7-8-19(15)24-20(26)14-25-11-9-16(10-12-25)21(27)23-18-5-3-2-4-6-18/h2-8,13,16H,9-12,14H2,1H3,(H,23,27)(H,24,26). The van der Waals surface area contributed by atoms with E-state index in [1.165, 1.54) is 0 Å². The minimum Gasteiger partial charge on any atom is -0.326 e. The number of hydrogen-bond donors (Lipinski definition) is 2. The van der Waals surface area contributed by atoms with Gasteiger partial charge in [0.25, 0.3) is 0 Å². The number of anilines is 2. The Bertz CT molecular complexity index is 802. The van der Waals surface area contributed by atoms with Gasteiger partial charge in [0, 0.05) is 21.8 Å². The molecular formula is C21H24BrN3O2. The second kappa shape index (κ2) is 9.15. The summed E-state index contributed by atoms with van der Waals surface area (Å²) in [6.07, 6.45) is 1.53. The number of likely N-dealkylation sites (tertiary alicyclic amines) is 1. The van der Waals surface area contributed by atoms with Crippen molar-refractivity contribution < 1.29 is 9.59 Å². The molecule has 1 aliphatic rings. The van der Waals surface area contributed by atoms with Gasteiger partial charge in [0.05, 0.1) is 6.54 Å². The van der Waals surface area contributed by atoms with Gasteiger partial charge in [0.15, 0.2) is 0 Å². The van der Waals surface area contributed by atoms with Gasteiger partial charge in [-0.15, -0.1) is 0 Å². The number of carbonyl (C=O) groups is 2. The molecule has 0 unspecified atom stereocenters. The summed E-state index contributed by atoms with van der Waals surface area (Å²) in [5, 5.41) is 5.94. The highest BCUT2D eigenvalue weighted by Gasteiger charge is 2.26. The van der Waals surface area contributed by atoms with Gasteiger partial charge in [-0.05, 0) is 68.8 Å². The maximum absolute atomic E-state index is 12.4. The minimum absolute atomic E-state index is 0.00163. The Morgan fingerprint density at radius 2 is 1.78 bits per heavy atom. The molecule has 5 nitrogen and oxygen atoms in total. The molecule has 0 spiro atoms. The second-order valence-corrected chi connectivity index (χ2v) is 7.83. The van der Waals surface area contributed by atoms with Crippen LogP contribution < -0.4 is 10.6 Å². The van der Waals surface area contributed by atoms with Crippen molar-refractivity contribution in [2.75, 3.05) is 30.3 Å². The molecule has 0 radical (unpaired) electrons. The van der Waals surface area contributed by atoms with Crippen LogP contribution >= 0.6 is 15.9 Å². The summed E-state index contributed by atoms with van der Waals surface area (Å²) in [7, 11) is 0. The highest BCUT2D eigenvalue weighted by molar-refractivity contribution is 9.10. The van der Waals surface area contributed by atoms with E-state index in [-0.39, 0.29) is 17.7 Å². The zero-order chi connectivity index (χ0) is 19.2. The van der Waals surface area contributed by atoms with Crippen LogP contribution in [0.5, 0.6) is 0 Å². The Morgan fingerprint density at radius 1 is 1.07 bits per heavy atom. The molecule has 0 aromatic heterocycles. The topological polar surface area (TPSA) is 61.4 Å². The zero-order valence-electron chi connectivity index (χ0n) is 15.4. The van der Waals surface area contributed by atoms with Crippen LogP contribution in [-0.2, 0) is 9.59 Å². The molecule has 0 bridgehead atoms. The molecule has 2 aromatic rings. The van der Waals surface area contributed by atoms with Crippen LogP contribution in [-0.4, -0.2) is 36.3 Å². The highest BCUT2D eigenvalue weighted by Crippen LogP contribution is 2.21. The molecule has 0 atom stereocenters. The van der Waals surface area contributed by atoms with Gasteiger partial charge >= 0.3 is 0 Å². The molecule has 2 amide bonds. The summed E-state index contributed by atoms with van der Waals surface area (Å²) in [6, 6.07) is 15.3. The van der Waals surface area contributed by atoms with Crippen LogP contribution in [0.4, 0.5) is 11.4 Å². The van der Waals surface area contributed by atoms with Crippen molar-refractivity contribution >= 4 is 39.1 Å². The van der Waals surface area contributed by atoms with Crippen LogP contribution in [0.2, 0.25) is 0 Å². The van der Waals surface area contributed by atoms with E-state index in [9.17, 15) is 9.59 Å². The maximum atomic E-state index is 12.4. The summed E-state index contributed by atoms with van der Waals surface area (Å²) in [5.74, 6) is 0.0432. The molecule has 27 heavy (non-hydrogen) atoms. The first-order chi connectivity index (χ1) is 13.0. The van der Waals surface area contributed by atoms with Gasteiger partial charge in [-0.1, -0.05) is 34.1 Å². The van der Waals surface area contributed by atoms with E-state index in [0.717, 1.165) is 47.3 Å². The number of carbonyl (C=O) groups excluding carboxylic acids is 2. The van der Waals surface area contributed by atoms with Crippen LogP contribution in [0.1, 0.15) is 18.4 Å². The van der Waals surface area contributed by atoms with Gasteiger partial charge in [-0.25, -0.2) is 0 Å². The molecule has 142 valence electrons. The summed E-state index contributed by atoms with van der Waals surface area (Å²) in [6.45, 7) is 3.82. The Kier molecular flexibility index (Phi) is 6.63. The fourth-order valence-electron chi connectivity index (χ4n) is 3.28. The number of aryl methyl sites for hydroxylation is 1. The third kappa shape index (κ3) is 5.65. The number of rotatable bonds is 5. The van der Waals surface area contributed by atoms with E-state index < -0.39 is 0 Å². The van der Waals surface area contributed by atoms with Gasteiger partial charge < -0.3 is 10.6 Å². The maximum Gasteiger partial charge on any atom is 0.238 e. The van der Waals surface area contributed by atoms with Crippen molar-refractivity contribution in [1.82, 2.24) is 4.90 Å². The number of piperidine rings is 1. The lowest BCUT2D eigenvalue weighted by atomic mass is 9.96. The zero-order valence-corrected chi connectivity index (χ0v) is 17.0. The number of nitrogens with zero attached hydrogens (tertiary/aromatic N) is 1. The summed E-state index contributed by atoms with van der Waals surface area (Å²) >= 11 is 3.43. The Hall–Kier alpha value is -2.18. The number of nitrogens with one attached hydrogen (secondary N) is 2. The minimum atomic E-state index is -0.0207. The molecule has 1 aliphatic heterocycles.